The van der Waals surface area contributed by atoms with Crippen LogP contribution >= 0.6 is 22.6 Å². The van der Waals surface area contributed by atoms with Crippen LogP contribution in [0.1, 0.15) is 130 Å². The van der Waals surface area contributed by atoms with Gasteiger partial charge in [0.05, 0.1) is 73.9 Å². The lowest BCUT2D eigenvalue weighted by molar-refractivity contribution is -0.383. The van der Waals surface area contributed by atoms with Gasteiger partial charge in [0, 0.05) is 0 Å². The van der Waals surface area contributed by atoms with E-state index >= 15 is 8.42 Å². The summed E-state index contributed by atoms with van der Waals surface area (Å²) in [5.41, 5.74) is 6.13. The molecule has 5 heterocycles. The lowest BCUT2D eigenvalue weighted by Crippen LogP contribution is -2.69. The predicted molar refractivity (Wildman–Crippen MR) is 454 cm³/mol. The number of ether oxygens (including phenoxy) is 15. The van der Waals surface area contributed by atoms with Crippen molar-refractivity contribution >= 4 is 55.4 Å². The summed E-state index contributed by atoms with van der Waals surface area (Å²) in [6.45, 7) is 31.1. The Morgan fingerprint density at radius 2 is 0.647 bits per heavy atom. The molecule has 13 unspecified atom stereocenters. The van der Waals surface area contributed by atoms with Crippen molar-refractivity contribution in [3.63, 3.8) is 0 Å². The monoisotopic (exact) mass is 1760 g/mol. The van der Waals surface area contributed by atoms with Crippen LogP contribution in [0.4, 0.5) is 4.79 Å². The third-order valence-electron chi connectivity index (χ3n) is 23.4. The van der Waals surface area contributed by atoms with Gasteiger partial charge < -0.3 is 79.9 Å². The molecule has 7 aromatic rings. The first kappa shape index (κ1) is 89.5. The van der Waals surface area contributed by atoms with Crippen molar-refractivity contribution < 1.29 is 93.1 Å². The van der Waals surface area contributed by atoms with Gasteiger partial charge >= 0.3 is 6.16 Å². The van der Waals surface area contributed by atoms with Gasteiger partial charge in [-0.3, -0.25) is 0 Å². The molecule has 5 aliphatic heterocycles. The molecule has 7 aromatic carbocycles. The van der Waals surface area contributed by atoms with Crippen molar-refractivity contribution in [1.82, 2.24) is 4.72 Å². The largest absolute Gasteiger partial charge is 0.509 e. The molecule has 5 aliphatic rings. The van der Waals surface area contributed by atoms with Gasteiger partial charge in [0.25, 0.3) is 0 Å². The van der Waals surface area contributed by atoms with E-state index in [0.29, 0.717) is 0 Å². The Balaban J connectivity index is 1.02. The molecule has 0 saturated carbocycles. The van der Waals surface area contributed by atoms with Crippen LogP contribution in [0, 0.1) is 0 Å². The molecule has 25 heteroatoms. The van der Waals surface area contributed by atoms with Crippen molar-refractivity contribution in [1.29, 1.82) is 0 Å². The van der Waals surface area contributed by atoms with Crippen LogP contribution in [0.25, 0.3) is 0 Å². The zero-order valence-corrected chi connectivity index (χ0v) is 74.3. The summed E-state index contributed by atoms with van der Waals surface area (Å²) in [5, 5.41) is 0. The van der Waals surface area contributed by atoms with Gasteiger partial charge in [0.15, 0.2) is 53.8 Å². The van der Waals surface area contributed by atoms with E-state index in [0.717, 1.165) is 33.4 Å². The van der Waals surface area contributed by atoms with Gasteiger partial charge in [0.1, 0.15) is 67.3 Å². The van der Waals surface area contributed by atoms with Gasteiger partial charge in [-0.1, -0.05) is 306 Å². The van der Waals surface area contributed by atoms with E-state index in [4.69, 9.17) is 79.9 Å². The summed E-state index contributed by atoms with van der Waals surface area (Å²) in [4.78, 5) is 14.5. The Bertz CT molecular complexity index is 4150. The van der Waals surface area contributed by atoms with Crippen molar-refractivity contribution in [3.05, 3.63) is 246 Å². The SMILES string of the molecule is CC1OC(O[C@@H]2C(CO[Si](C(C)C)(C(C)C)C(C)C)O[C@H](NS(=O)(=O)c3ccccc3)C(I)C2O[C@H]2OC(CO[Si](C(C)C)(C(C)C)C(C)C)[C@H]3OC(=O)OC3C2O[C@H]2OC(C)[C@H](OCc3ccccc3)C(OCc3ccccc3)C2OCc2ccccc2)C(OCc2ccccc2)C(OCc2ccccc2)[C@H]1OCc1ccccc1. The third kappa shape index (κ3) is 21.8. The fourth-order valence-electron chi connectivity index (χ4n) is 17.9. The highest BCUT2D eigenvalue weighted by molar-refractivity contribution is 14.1. The average molecular weight is 1760 g/mol. The van der Waals surface area contributed by atoms with Gasteiger partial charge in [-0.15, -0.1) is 0 Å². The van der Waals surface area contributed by atoms with Gasteiger partial charge in [0.2, 0.25) is 10.0 Å². The number of carbonyl (C=O) groups excluding carboxylic acids is 1. The van der Waals surface area contributed by atoms with Crippen molar-refractivity contribution in [3.8, 4) is 0 Å². The van der Waals surface area contributed by atoms with Gasteiger partial charge in [-0.25, -0.2) is 13.2 Å². The molecule has 0 bridgehead atoms. The van der Waals surface area contributed by atoms with Crippen LogP contribution in [0.2, 0.25) is 33.2 Å². The molecule has 5 fully saturated rings. The molecule has 20 atom stereocenters. The van der Waals surface area contributed by atoms with E-state index in [9.17, 15) is 4.79 Å². The highest BCUT2D eigenvalue weighted by Crippen LogP contribution is 2.48. The number of alkyl halides is 1. The standard InChI is InChI=1S/C91H120INO20SSi2/c1-58(2)115(59(3)4,60(5)6)103-56-73-78(109-88-84(101-54-70-44-30-19-31-45-70)81(99-52-68-40-26-17-27-41-68)76(64(13)105-88)97-50-66-36-22-15-23-37-66)80(75(92)87(107-73)93-114(95,96)72-48-34-21-35-49-72)110-90-86(83-79(112-91(94)113-83)74(108-90)57-104-116(61(7)8,62(9)10)63(11)12)111-89-85(102-55-71-46-32-20-33-47-71)82(100-53-69-42-28-18-29-43-69)77(65(14)106-89)98-51-67-38-24-16-25-39-67/h15-49,58-65,73-90,93H,50-57H2,1-14H3/t64?,65?,73?,74?,75?,76-,77-,78+,79+,80?,81?,82?,83?,84?,85?,86?,87-,88?,89+,90+/m0/s1. The number of nitrogens with one attached hydrogen (secondary N) is 1. The summed E-state index contributed by atoms with van der Waals surface area (Å²) in [7, 11) is -9.98. The summed E-state index contributed by atoms with van der Waals surface area (Å²) in [5.74, 6) is 0. The number of sulfonamides is 1. The molecule has 12 rings (SSSR count). The molecule has 0 amide bonds. The fraction of sp³-hybridized carbons (Fsp3) is 0.527. The first-order chi connectivity index (χ1) is 55.8. The Hall–Kier alpha value is -5.72. The minimum atomic E-state index is -4.39. The zero-order chi connectivity index (χ0) is 82.3. The molecule has 0 radical (unpaired) electrons. The van der Waals surface area contributed by atoms with Crippen molar-refractivity contribution in [2.24, 2.45) is 0 Å². The smallest absolute Gasteiger partial charge is 0.424 e. The number of halogens is 1. The van der Waals surface area contributed by atoms with Gasteiger partial charge in [-0.05, 0) is 92.6 Å². The van der Waals surface area contributed by atoms with Crippen LogP contribution in [0.5, 0.6) is 0 Å². The van der Waals surface area contributed by atoms with Crippen LogP contribution in [-0.4, -0.2) is 165 Å². The Morgan fingerprint density at radius 1 is 0.353 bits per heavy atom. The minimum Gasteiger partial charge on any atom is -0.424 e. The average Bonchev–Trinajstić information content (AvgIpc) is 1.55. The Labute approximate surface area is 702 Å². The quantitative estimate of drug-likeness (QED) is 0.0164. The first-order valence-electron chi connectivity index (χ1n) is 41.2. The third-order valence-corrected chi connectivity index (χ3v) is 38.4. The molecule has 1 N–H and O–H groups in total. The molecule has 116 heavy (non-hydrogen) atoms. The molecule has 0 aromatic heterocycles. The first-order valence-corrected chi connectivity index (χ1v) is 48.2. The summed E-state index contributed by atoms with van der Waals surface area (Å²) >= 11 is 2.21. The molecule has 21 nitrogen and oxygen atoms in total. The second kappa shape index (κ2) is 41.7. The number of hydrogen-bond acceptors (Lipinski definition) is 20. The Kier molecular flexibility index (Phi) is 32.2. The molecular formula is C91H120INO20SSi2. The minimum absolute atomic E-state index is 0.00426. The van der Waals surface area contributed by atoms with E-state index in [1.54, 1.807) is 18.2 Å². The predicted octanol–water partition coefficient (Wildman–Crippen LogP) is 17.7. The molecule has 0 spiro atoms. The van der Waals surface area contributed by atoms with Gasteiger partial charge in [-0.2, -0.15) is 4.72 Å². The second-order valence-electron chi connectivity index (χ2n) is 33.0. The molecule has 0 aliphatic carbocycles. The van der Waals surface area contributed by atoms with E-state index in [-0.39, 0.29) is 91.0 Å². The summed E-state index contributed by atoms with van der Waals surface area (Å²) in [6.07, 6.45) is -22.1. The molecular weight excluding hydrogens is 1640 g/mol. The maximum atomic E-state index is 15.2. The lowest BCUT2D eigenvalue weighted by atomic mass is 9.96. The maximum Gasteiger partial charge on any atom is 0.509 e. The van der Waals surface area contributed by atoms with E-state index in [2.05, 4.69) is 110 Å². The topological polar surface area (TPSA) is 220 Å². The normalized spacial score (nSPS) is 28.7. The van der Waals surface area contributed by atoms with E-state index < -0.39 is 153 Å². The second-order valence-corrected chi connectivity index (χ2v) is 47.0. The molecule has 5 saturated heterocycles. The summed E-state index contributed by atoms with van der Waals surface area (Å²) < 4.78 is 156. The van der Waals surface area contributed by atoms with Crippen LogP contribution in [0.15, 0.2) is 217 Å². The van der Waals surface area contributed by atoms with Crippen LogP contribution < -0.4 is 4.72 Å². The Morgan fingerprint density at radius 3 is 1.00 bits per heavy atom. The zero-order valence-electron chi connectivity index (χ0n) is 69.3. The van der Waals surface area contributed by atoms with Crippen molar-refractivity contribution in [2.45, 2.75) is 295 Å². The highest BCUT2D eigenvalue weighted by atomic mass is 127. The molecule has 630 valence electrons. The highest BCUT2D eigenvalue weighted by Gasteiger charge is 2.62. The summed E-state index contributed by atoms with van der Waals surface area (Å²) in [6, 6.07) is 67.4. The fourth-order valence-corrected chi connectivity index (χ4v) is 31.2. The van der Waals surface area contributed by atoms with E-state index in [1.807, 2.05) is 196 Å². The number of benzene rings is 7. The van der Waals surface area contributed by atoms with Crippen molar-refractivity contribution in [2.75, 3.05) is 13.2 Å². The number of carbonyl (C=O) groups is 1. The van der Waals surface area contributed by atoms with Crippen LogP contribution in [-0.2, 0) is 130 Å². The number of rotatable bonds is 39. The number of fused-ring (bicyclic) bond motifs is 1. The number of hydrogen-bond donors (Lipinski definition) is 1. The maximum absolute atomic E-state index is 15.2. The van der Waals surface area contributed by atoms with Crippen LogP contribution in [0.3, 0.4) is 0 Å². The van der Waals surface area contributed by atoms with E-state index in [1.165, 1.54) is 12.1 Å². The lowest BCUT2D eigenvalue weighted by Gasteiger charge is -2.52.